The molecular formula is C17H34O6Si2. The van der Waals surface area contributed by atoms with Gasteiger partial charge in [-0.3, -0.25) is 0 Å². The van der Waals surface area contributed by atoms with E-state index in [1.807, 2.05) is 0 Å². The van der Waals surface area contributed by atoms with Gasteiger partial charge >= 0.3 is 11.9 Å². The minimum absolute atomic E-state index is 0.161. The third-order valence-electron chi connectivity index (χ3n) is 2.83. The van der Waals surface area contributed by atoms with Gasteiger partial charge in [-0.15, -0.1) is 0 Å². The zero-order valence-corrected chi connectivity index (χ0v) is 18.7. The van der Waals surface area contributed by atoms with E-state index in [2.05, 4.69) is 32.7 Å². The molecule has 0 aromatic rings. The molecule has 0 aliphatic heterocycles. The second-order valence-electron chi connectivity index (χ2n) is 7.68. The highest BCUT2D eigenvalue weighted by atomic mass is 28.4. The lowest BCUT2D eigenvalue weighted by atomic mass is 10.4. The number of ether oxygens (including phenoxy) is 3. The van der Waals surface area contributed by atoms with Crippen LogP contribution in [0.3, 0.4) is 0 Å². The van der Waals surface area contributed by atoms with Crippen molar-refractivity contribution in [1.82, 2.24) is 0 Å². The molecule has 0 N–H and O–H groups in total. The molecule has 0 aliphatic rings. The Morgan fingerprint density at radius 1 is 0.920 bits per heavy atom. The van der Waals surface area contributed by atoms with Crippen LogP contribution in [0.25, 0.3) is 0 Å². The highest BCUT2D eigenvalue weighted by molar-refractivity contribution is 6.84. The van der Waals surface area contributed by atoms with Crippen LogP contribution in [0.2, 0.25) is 38.8 Å². The molecule has 0 rings (SSSR count). The molecule has 0 aromatic heterocycles. The summed E-state index contributed by atoms with van der Waals surface area (Å²) in [6, 6.07) is 1.05. The van der Waals surface area contributed by atoms with E-state index in [0.29, 0.717) is 13.2 Å². The highest BCUT2D eigenvalue weighted by Crippen LogP contribution is 2.19. The van der Waals surface area contributed by atoms with Gasteiger partial charge in [-0.1, -0.05) is 0 Å². The maximum absolute atomic E-state index is 11.4. The molecule has 0 unspecified atom stereocenters. The number of hydrogen-bond donors (Lipinski definition) is 0. The Hall–Kier alpha value is -0.966. The highest BCUT2D eigenvalue weighted by Gasteiger charge is 2.28. The fourth-order valence-electron chi connectivity index (χ4n) is 2.24. The molecule has 0 heterocycles. The zero-order chi connectivity index (χ0) is 19.5. The fourth-order valence-corrected chi connectivity index (χ4v) is 10.3. The van der Waals surface area contributed by atoms with Gasteiger partial charge in [-0.25, -0.2) is 9.59 Å². The lowest BCUT2D eigenvalue weighted by Crippen LogP contribution is -2.42. The normalized spacial score (nSPS) is 12.6. The molecule has 0 bridgehead atoms. The molecule has 0 fully saturated rings. The van der Waals surface area contributed by atoms with Gasteiger partial charge in [0.15, 0.2) is 16.6 Å². The third-order valence-corrected chi connectivity index (χ3v) is 9.05. The molecule has 146 valence electrons. The van der Waals surface area contributed by atoms with Crippen LogP contribution in [-0.4, -0.2) is 54.5 Å². The first-order chi connectivity index (χ1) is 11.4. The second-order valence-corrected chi connectivity index (χ2v) is 16.7. The smallest absolute Gasteiger partial charge is 0.331 e. The third kappa shape index (κ3) is 16.3. The second kappa shape index (κ2) is 11.6. The van der Waals surface area contributed by atoms with Gasteiger partial charge < -0.3 is 18.3 Å². The van der Waals surface area contributed by atoms with E-state index in [9.17, 15) is 9.59 Å². The van der Waals surface area contributed by atoms with Crippen LogP contribution in [0, 0.1) is 0 Å². The maximum atomic E-state index is 11.4. The first-order valence-corrected chi connectivity index (χ1v) is 15.3. The van der Waals surface area contributed by atoms with Crippen molar-refractivity contribution in [2.45, 2.75) is 65.2 Å². The van der Waals surface area contributed by atoms with E-state index in [-0.39, 0.29) is 12.7 Å². The predicted octanol–water partition coefficient (Wildman–Crippen LogP) is 3.50. The van der Waals surface area contributed by atoms with Crippen LogP contribution in [0.5, 0.6) is 0 Å². The fraction of sp³-hybridized carbons (Fsp3) is 0.765. The molecule has 0 amide bonds. The van der Waals surface area contributed by atoms with Crippen molar-refractivity contribution < 1.29 is 27.9 Å². The van der Waals surface area contributed by atoms with Crippen LogP contribution in [0.15, 0.2) is 12.2 Å². The summed E-state index contributed by atoms with van der Waals surface area (Å²) >= 11 is 0. The van der Waals surface area contributed by atoms with Gasteiger partial charge in [0.2, 0.25) is 0 Å². The lowest BCUT2D eigenvalue weighted by Gasteiger charge is -2.31. The zero-order valence-electron chi connectivity index (χ0n) is 16.7. The van der Waals surface area contributed by atoms with Crippen molar-refractivity contribution >= 4 is 28.6 Å². The van der Waals surface area contributed by atoms with Crippen molar-refractivity contribution in [2.24, 2.45) is 0 Å². The Morgan fingerprint density at radius 3 is 2.08 bits per heavy atom. The van der Waals surface area contributed by atoms with E-state index in [1.165, 1.54) is 0 Å². The average molecular weight is 391 g/mol. The summed E-state index contributed by atoms with van der Waals surface area (Å²) in [6.07, 6.45) is 2.85. The molecule has 0 saturated carbocycles. The van der Waals surface area contributed by atoms with Crippen LogP contribution in [-0.2, 0) is 27.9 Å². The SMILES string of the molecule is CC(C)OC(=O)/C=C/C(=O)OCCOCCC[Si](C)(C)O[Si](C)(C)C. The minimum Gasteiger partial charge on any atom is -0.460 e. The standard InChI is InChI=1S/C17H34O6Si2/c1-15(2)22-17(19)10-9-16(18)21-13-12-20-11-8-14-25(6,7)23-24(3,4)5/h9-10,15H,8,11-14H2,1-7H3/b10-9+. The molecule has 6 nitrogen and oxygen atoms in total. The molecule has 0 atom stereocenters. The van der Waals surface area contributed by atoms with Crippen LogP contribution < -0.4 is 0 Å². The summed E-state index contributed by atoms with van der Waals surface area (Å²) in [6.45, 7) is 15.7. The summed E-state index contributed by atoms with van der Waals surface area (Å²) in [5, 5.41) is 0. The first-order valence-electron chi connectivity index (χ1n) is 8.75. The van der Waals surface area contributed by atoms with Gasteiger partial charge in [0, 0.05) is 18.8 Å². The number of hydrogen-bond acceptors (Lipinski definition) is 6. The maximum Gasteiger partial charge on any atom is 0.331 e. The molecule has 0 aromatic carbocycles. The number of carbonyl (C=O) groups is 2. The van der Waals surface area contributed by atoms with Crippen molar-refractivity contribution in [1.29, 1.82) is 0 Å². The number of rotatable bonds is 12. The van der Waals surface area contributed by atoms with E-state index in [4.69, 9.17) is 18.3 Å². The first kappa shape index (κ1) is 24.0. The number of esters is 2. The van der Waals surface area contributed by atoms with Gasteiger partial charge in [-0.05, 0) is 59.0 Å². The molecule has 25 heavy (non-hydrogen) atoms. The summed E-state index contributed by atoms with van der Waals surface area (Å²) in [5.41, 5.74) is 0. The predicted molar refractivity (Wildman–Crippen MR) is 103 cm³/mol. The van der Waals surface area contributed by atoms with Gasteiger partial charge in [0.25, 0.3) is 0 Å². The monoisotopic (exact) mass is 390 g/mol. The van der Waals surface area contributed by atoms with Gasteiger partial charge in [0.1, 0.15) is 6.61 Å². The molecule has 0 saturated heterocycles. The molecule has 0 spiro atoms. The van der Waals surface area contributed by atoms with Crippen molar-refractivity contribution in [3.63, 3.8) is 0 Å². The number of carbonyl (C=O) groups excluding carboxylic acids is 2. The summed E-state index contributed by atoms with van der Waals surface area (Å²) in [4.78, 5) is 22.6. The van der Waals surface area contributed by atoms with Crippen LogP contribution >= 0.6 is 0 Å². The molecular weight excluding hydrogens is 356 g/mol. The van der Waals surface area contributed by atoms with Crippen LogP contribution in [0.4, 0.5) is 0 Å². The molecule has 0 radical (unpaired) electrons. The lowest BCUT2D eigenvalue weighted by molar-refractivity contribution is -0.143. The van der Waals surface area contributed by atoms with Crippen molar-refractivity contribution in [2.75, 3.05) is 19.8 Å². The Labute approximate surface area is 154 Å². The Kier molecular flexibility index (Phi) is 11.2. The molecule has 8 heteroatoms. The average Bonchev–Trinajstić information content (AvgIpc) is 2.40. The largest absolute Gasteiger partial charge is 0.460 e. The van der Waals surface area contributed by atoms with Crippen molar-refractivity contribution in [3.8, 4) is 0 Å². The van der Waals surface area contributed by atoms with E-state index < -0.39 is 28.6 Å². The van der Waals surface area contributed by atoms with Crippen molar-refractivity contribution in [3.05, 3.63) is 12.2 Å². The topological polar surface area (TPSA) is 71.1 Å². The van der Waals surface area contributed by atoms with Gasteiger partial charge in [-0.2, -0.15) is 0 Å². The Balaban J connectivity index is 3.75. The quantitative estimate of drug-likeness (QED) is 0.220. The van der Waals surface area contributed by atoms with E-state index >= 15 is 0 Å². The summed E-state index contributed by atoms with van der Waals surface area (Å²) in [7, 11) is -3.10. The molecule has 0 aliphatic carbocycles. The Bertz CT molecular complexity index is 441. The Morgan fingerprint density at radius 2 is 1.52 bits per heavy atom. The van der Waals surface area contributed by atoms with E-state index in [1.54, 1.807) is 13.8 Å². The van der Waals surface area contributed by atoms with E-state index in [0.717, 1.165) is 24.6 Å². The summed E-state index contributed by atoms with van der Waals surface area (Å²) < 4.78 is 21.5. The van der Waals surface area contributed by atoms with Gasteiger partial charge in [0.05, 0.1) is 12.7 Å². The minimum atomic E-state index is -1.62. The summed E-state index contributed by atoms with van der Waals surface area (Å²) in [5.74, 6) is -1.14. The van der Waals surface area contributed by atoms with Crippen LogP contribution in [0.1, 0.15) is 20.3 Å².